The maximum Gasteiger partial charge on any atom is 0.319 e. The number of carbonyl (C=O) groups is 2. The van der Waals surface area contributed by atoms with Crippen molar-refractivity contribution in [2.75, 3.05) is 36.8 Å². The molecular weight excluding hydrogens is 637 g/mol. The number of urea groups is 1. The third-order valence-electron chi connectivity index (χ3n) is 8.94. The summed E-state index contributed by atoms with van der Waals surface area (Å²) in [5, 5.41) is 22.7. The van der Waals surface area contributed by atoms with Gasteiger partial charge in [0.15, 0.2) is 0 Å². The molecule has 3 amide bonds. The number of carbonyl (C=O) groups excluding carboxylic acids is 2. The number of anilines is 2. The van der Waals surface area contributed by atoms with Crippen molar-refractivity contribution in [2.45, 2.75) is 45.2 Å². The molecule has 6 rings (SSSR count). The summed E-state index contributed by atoms with van der Waals surface area (Å²) in [6, 6.07) is 27.2. The van der Waals surface area contributed by atoms with Gasteiger partial charge in [-0.15, -0.1) is 0 Å². The van der Waals surface area contributed by atoms with Crippen molar-refractivity contribution in [3.8, 4) is 16.9 Å². The zero-order valence-corrected chi connectivity index (χ0v) is 28.4. The molecule has 6 N–H and O–H groups in total. The molecule has 1 fully saturated rings. The molecule has 0 saturated carbocycles. The van der Waals surface area contributed by atoms with Crippen molar-refractivity contribution in [3.63, 3.8) is 0 Å². The predicted octanol–water partition coefficient (Wildman–Crippen LogP) is 6.22. The van der Waals surface area contributed by atoms with Crippen LogP contribution in [-0.4, -0.2) is 59.1 Å². The lowest BCUT2D eigenvalue weighted by molar-refractivity contribution is -0.116. The molecule has 1 aliphatic rings. The highest BCUT2D eigenvalue weighted by Gasteiger charge is 2.22. The molecule has 5 aromatic rings. The summed E-state index contributed by atoms with van der Waals surface area (Å²) >= 11 is 1.12. The van der Waals surface area contributed by atoms with E-state index in [1.165, 1.54) is 0 Å². The fourth-order valence-electron chi connectivity index (χ4n) is 6.28. The average Bonchev–Trinajstić information content (AvgIpc) is 3.51. The van der Waals surface area contributed by atoms with Crippen LogP contribution in [0, 0.1) is 6.92 Å². The van der Waals surface area contributed by atoms with Crippen LogP contribution in [0.3, 0.4) is 0 Å². The Kier molecular flexibility index (Phi) is 11.0. The van der Waals surface area contributed by atoms with E-state index in [0.29, 0.717) is 31.6 Å². The van der Waals surface area contributed by atoms with Gasteiger partial charge in [-0.25, -0.2) is 4.79 Å². The van der Waals surface area contributed by atoms with Gasteiger partial charge in [0.25, 0.3) is 0 Å². The van der Waals surface area contributed by atoms with E-state index in [1.807, 2.05) is 79.7 Å². The van der Waals surface area contributed by atoms with E-state index in [4.69, 9.17) is 0 Å². The van der Waals surface area contributed by atoms with Crippen LogP contribution in [0.5, 0.6) is 5.75 Å². The lowest BCUT2D eigenvalue weighted by atomic mass is 10.0. The summed E-state index contributed by atoms with van der Waals surface area (Å²) < 4.78 is 0.797. The molecule has 0 spiro atoms. The zero-order chi connectivity index (χ0) is 34.2. The van der Waals surface area contributed by atoms with E-state index in [1.54, 1.807) is 6.07 Å². The maximum atomic E-state index is 12.8. The second-order valence-corrected chi connectivity index (χ2v) is 13.4. The van der Waals surface area contributed by atoms with Crippen LogP contribution < -0.4 is 26.1 Å². The molecule has 1 saturated heterocycles. The van der Waals surface area contributed by atoms with E-state index >= 15 is 0 Å². The highest BCUT2D eigenvalue weighted by atomic mass is 32.1. The second kappa shape index (κ2) is 16.0. The minimum absolute atomic E-state index is 0.0158. The minimum atomic E-state index is -0.203. The smallest absolute Gasteiger partial charge is 0.319 e. The number of nitrogens with zero attached hydrogens (tertiary/aromatic N) is 1. The van der Waals surface area contributed by atoms with Gasteiger partial charge in [0.05, 0.1) is 10.4 Å². The lowest BCUT2D eigenvalue weighted by Gasteiger charge is -2.32. The summed E-state index contributed by atoms with van der Waals surface area (Å²) in [6.07, 6.45) is 2.79. The molecule has 0 bridgehead atoms. The molecule has 1 aromatic heterocycles. The number of benzene rings is 4. The van der Waals surface area contributed by atoms with Crippen molar-refractivity contribution in [2.24, 2.45) is 0 Å². The van der Waals surface area contributed by atoms with Crippen LogP contribution in [0.2, 0.25) is 0 Å². The number of hydrogen-bond donors (Lipinski definition) is 6. The summed E-state index contributed by atoms with van der Waals surface area (Å²) in [4.78, 5) is 42.2. The van der Waals surface area contributed by atoms with Crippen molar-refractivity contribution < 1.29 is 14.7 Å². The first-order chi connectivity index (χ1) is 23.8. The topological polar surface area (TPSA) is 139 Å². The summed E-state index contributed by atoms with van der Waals surface area (Å²) in [5.41, 5.74) is 7.25. The number of piperidine rings is 1. The van der Waals surface area contributed by atoms with Crippen LogP contribution in [0.15, 0.2) is 89.7 Å². The number of aryl methyl sites for hydroxylation is 1. The molecule has 1 aliphatic heterocycles. The van der Waals surface area contributed by atoms with Gasteiger partial charge in [-0.1, -0.05) is 78.1 Å². The number of thiazole rings is 1. The Bertz CT molecular complexity index is 1970. The van der Waals surface area contributed by atoms with Crippen LogP contribution in [0.25, 0.3) is 21.3 Å². The summed E-state index contributed by atoms with van der Waals surface area (Å²) in [6.45, 7) is 5.70. The molecule has 0 radical (unpaired) electrons. The Morgan fingerprint density at radius 2 is 1.71 bits per heavy atom. The Hall–Kier alpha value is -4.97. The first kappa shape index (κ1) is 33.9. The molecule has 254 valence electrons. The lowest BCUT2D eigenvalue weighted by Crippen LogP contribution is -2.46. The Morgan fingerprint density at radius 3 is 2.51 bits per heavy atom. The van der Waals surface area contributed by atoms with Gasteiger partial charge in [-0.2, -0.15) is 0 Å². The van der Waals surface area contributed by atoms with Gasteiger partial charge in [0.2, 0.25) is 5.91 Å². The number of hydrogen-bond acceptors (Lipinski definition) is 7. The summed E-state index contributed by atoms with van der Waals surface area (Å²) in [7, 11) is 0. The van der Waals surface area contributed by atoms with Crippen molar-refractivity contribution in [3.05, 3.63) is 111 Å². The predicted molar refractivity (Wildman–Crippen MR) is 197 cm³/mol. The maximum absolute atomic E-state index is 12.8. The van der Waals surface area contributed by atoms with Crippen LogP contribution in [0.4, 0.5) is 16.2 Å². The van der Waals surface area contributed by atoms with Crippen LogP contribution in [0.1, 0.15) is 36.0 Å². The van der Waals surface area contributed by atoms with E-state index in [-0.39, 0.29) is 28.6 Å². The molecule has 10 nitrogen and oxygen atoms in total. The molecule has 49 heavy (non-hydrogen) atoms. The normalized spacial score (nSPS) is 13.7. The van der Waals surface area contributed by atoms with Gasteiger partial charge >= 0.3 is 10.9 Å². The number of amides is 3. The number of phenols is 1. The van der Waals surface area contributed by atoms with Crippen molar-refractivity contribution in [1.29, 1.82) is 0 Å². The van der Waals surface area contributed by atoms with Crippen molar-refractivity contribution >= 4 is 44.9 Å². The van der Waals surface area contributed by atoms with Gasteiger partial charge in [0.1, 0.15) is 11.3 Å². The molecule has 2 heterocycles. The molecule has 0 atom stereocenters. The van der Waals surface area contributed by atoms with Gasteiger partial charge in [-0.05, 0) is 73.2 Å². The first-order valence-electron chi connectivity index (χ1n) is 16.7. The quantitative estimate of drug-likeness (QED) is 0.0868. The summed E-state index contributed by atoms with van der Waals surface area (Å²) in [5.74, 6) is 0.0727. The fraction of sp³-hybridized carbons (Fsp3) is 0.289. The average molecular weight is 679 g/mol. The number of likely N-dealkylation sites (tertiary alicyclic amines) is 1. The SMILES string of the molecule is Cc1cc(CNCCc2ccc(O)c3[nH]c(=O)sc23)ccc1NC(=O)CCN1CCC(NC(=O)Nc2ccccc2-c2ccccc2)CC1. The Balaban J connectivity index is 0.891. The highest BCUT2D eigenvalue weighted by molar-refractivity contribution is 7.16. The number of aromatic hydroxyl groups is 1. The van der Waals surface area contributed by atoms with Gasteiger partial charge in [0, 0.05) is 49.9 Å². The first-order valence-corrected chi connectivity index (χ1v) is 17.5. The fourth-order valence-corrected chi connectivity index (χ4v) is 7.18. The number of aromatic amines is 1. The number of rotatable bonds is 12. The minimum Gasteiger partial charge on any atom is -0.506 e. The second-order valence-electron chi connectivity index (χ2n) is 12.5. The van der Waals surface area contributed by atoms with E-state index in [0.717, 1.165) is 87.6 Å². The molecule has 4 aromatic carbocycles. The Labute approximate surface area is 289 Å². The zero-order valence-electron chi connectivity index (χ0n) is 27.6. The van der Waals surface area contributed by atoms with Crippen LogP contribution >= 0.6 is 11.3 Å². The van der Waals surface area contributed by atoms with Gasteiger partial charge < -0.3 is 36.3 Å². The molecular formula is C38H42N6O4S. The van der Waals surface area contributed by atoms with E-state index < -0.39 is 0 Å². The third-order valence-corrected chi connectivity index (χ3v) is 9.90. The molecule has 11 heteroatoms. The van der Waals surface area contributed by atoms with E-state index in [9.17, 15) is 19.5 Å². The van der Waals surface area contributed by atoms with E-state index in [2.05, 4.69) is 37.2 Å². The number of fused-ring (bicyclic) bond motifs is 1. The molecule has 0 unspecified atom stereocenters. The third kappa shape index (κ3) is 8.94. The monoisotopic (exact) mass is 678 g/mol. The number of phenolic OH excluding ortho intramolecular Hbond substituents is 1. The Morgan fingerprint density at radius 1 is 0.939 bits per heavy atom. The number of nitrogens with one attached hydrogen (secondary N) is 5. The van der Waals surface area contributed by atoms with Gasteiger partial charge in [-0.3, -0.25) is 9.59 Å². The highest BCUT2D eigenvalue weighted by Crippen LogP contribution is 2.29. The molecule has 0 aliphatic carbocycles. The van der Waals surface area contributed by atoms with Crippen LogP contribution in [-0.2, 0) is 17.8 Å². The largest absolute Gasteiger partial charge is 0.506 e. The standard InChI is InChI=1S/C38H42N6O4S/c1-25-23-26(24-39-19-15-28-12-14-33(45)35-36(28)49-38(48)43-35)11-13-31(25)41-34(46)18-22-44-20-16-29(17-21-44)40-37(47)42-32-10-6-5-9-30(32)27-7-3-2-4-8-27/h2-14,23,29,39,45H,15-22,24H2,1H3,(H,41,46)(H,43,48)(H2,40,42,47). The number of aromatic nitrogens is 1. The number of para-hydroxylation sites is 1. The number of H-pyrrole nitrogens is 1. The van der Waals surface area contributed by atoms with Crippen molar-refractivity contribution in [1.82, 2.24) is 20.5 Å².